The number of likely N-dealkylation sites (N-methyl/N-ethyl adjacent to an activating group) is 1. The maximum Gasteiger partial charge on any atom is 0.253 e. The zero-order valence-corrected chi connectivity index (χ0v) is 20.1. The number of benzene rings is 1. The number of thioether (sulfide) groups is 1. The first kappa shape index (κ1) is 24.3. The van der Waals surface area contributed by atoms with E-state index >= 15 is 0 Å². The predicted molar refractivity (Wildman–Crippen MR) is 134 cm³/mol. The highest BCUT2D eigenvalue weighted by molar-refractivity contribution is 7.98. The fourth-order valence-corrected chi connectivity index (χ4v) is 4.60. The number of nitrogens with zero attached hydrogens (tertiary/aromatic N) is 5. The van der Waals surface area contributed by atoms with Gasteiger partial charge in [-0.05, 0) is 24.2 Å². The second kappa shape index (κ2) is 12.0. The summed E-state index contributed by atoms with van der Waals surface area (Å²) in [6.45, 7) is 15.5. The van der Waals surface area contributed by atoms with Crippen LogP contribution in [0.3, 0.4) is 0 Å². The average Bonchev–Trinajstić information content (AvgIpc) is 2.82. The highest BCUT2D eigenvalue weighted by Crippen LogP contribution is 2.25. The fraction of sp³-hybridized carbons (Fsp3) is 0.375. The van der Waals surface area contributed by atoms with Crippen LogP contribution in [-0.4, -0.2) is 71.5 Å². The first-order valence-electron chi connectivity index (χ1n) is 10.8. The first-order valence-corrected chi connectivity index (χ1v) is 12.1. The molecule has 0 radical (unpaired) electrons. The van der Waals surface area contributed by atoms with E-state index in [1.54, 1.807) is 6.07 Å². The van der Waals surface area contributed by atoms with Gasteiger partial charge in [0.15, 0.2) is 5.16 Å². The van der Waals surface area contributed by atoms with E-state index in [9.17, 15) is 4.79 Å². The molecule has 1 aromatic carbocycles. The van der Waals surface area contributed by atoms with Crippen LogP contribution in [0.15, 0.2) is 60.8 Å². The van der Waals surface area contributed by atoms with Gasteiger partial charge in [0.25, 0.3) is 5.91 Å². The van der Waals surface area contributed by atoms with E-state index in [-0.39, 0.29) is 5.91 Å². The number of hydrogen-bond acceptors (Lipinski definition) is 6. The lowest BCUT2D eigenvalue weighted by Gasteiger charge is -2.34. The van der Waals surface area contributed by atoms with E-state index in [2.05, 4.69) is 34.9 Å². The van der Waals surface area contributed by atoms with Gasteiger partial charge in [-0.15, -0.1) is 13.2 Å². The molecular weight excluding hydrogens is 442 g/mol. The molecule has 0 N–H and O–H groups in total. The minimum atomic E-state index is 0.0957. The van der Waals surface area contributed by atoms with Crippen molar-refractivity contribution in [3.05, 3.63) is 71.9 Å². The Labute approximate surface area is 200 Å². The Hall–Kier alpha value is -2.35. The maximum absolute atomic E-state index is 12.9. The van der Waals surface area contributed by atoms with Crippen LogP contribution in [0, 0.1) is 0 Å². The number of carbonyl (C=O) groups excluding carboxylic acids is 1. The largest absolute Gasteiger partial charge is 0.349 e. The van der Waals surface area contributed by atoms with Crippen molar-refractivity contribution in [1.29, 1.82) is 0 Å². The standard InChI is InChI=1S/C24H30ClN5OS/c1-4-10-29(11-5-2)22-17-21(25)26-24(27-22)32-18-19-8-7-9-20(16-19)23(31)30-14-12-28(6-3)13-15-30/h4-5,7-9,16-17H,1-2,6,10-15,18H2,3H3. The Kier molecular flexibility index (Phi) is 9.14. The highest BCUT2D eigenvalue weighted by Gasteiger charge is 2.21. The van der Waals surface area contributed by atoms with Crippen LogP contribution in [0.1, 0.15) is 22.8 Å². The van der Waals surface area contributed by atoms with Crippen LogP contribution in [-0.2, 0) is 5.75 Å². The summed E-state index contributed by atoms with van der Waals surface area (Å²) >= 11 is 7.75. The summed E-state index contributed by atoms with van der Waals surface area (Å²) in [6.07, 6.45) is 3.63. The van der Waals surface area contributed by atoms with Gasteiger partial charge in [0.2, 0.25) is 0 Å². The molecule has 1 saturated heterocycles. The third-order valence-electron chi connectivity index (χ3n) is 5.33. The summed E-state index contributed by atoms with van der Waals surface area (Å²) in [7, 11) is 0. The van der Waals surface area contributed by atoms with Crippen LogP contribution >= 0.6 is 23.4 Å². The Bertz CT molecular complexity index is 936. The molecule has 3 rings (SSSR count). The third-order valence-corrected chi connectivity index (χ3v) is 6.44. The van der Waals surface area contributed by atoms with Crippen LogP contribution in [0.25, 0.3) is 0 Å². The summed E-state index contributed by atoms with van der Waals surface area (Å²) < 4.78 is 0. The van der Waals surface area contributed by atoms with Gasteiger partial charge >= 0.3 is 0 Å². The smallest absolute Gasteiger partial charge is 0.253 e. The van der Waals surface area contributed by atoms with Gasteiger partial charge in [-0.25, -0.2) is 9.97 Å². The van der Waals surface area contributed by atoms with Gasteiger partial charge in [-0.3, -0.25) is 4.79 Å². The molecule has 6 nitrogen and oxygen atoms in total. The number of hydrogen-bond donors (Lipinski definition) is 0. The van der Waals surface area contributed by atoms with E-state index in [0.29, 0.717) is 29.2 Å². The normalized spacial score (nSPS) is 14.2. The van der Waals surface area contributed by atoms with Crippen LogP contribution in [0.2, 0.25) is 5.15 Å². The van der Waals surface area contributed by atoms with Crippen LogP contribution in [0.4, 0.5) is 5.82 Å². The number of halogens is 1. The summed E-state index contributed by atoms with van der Waals surface area (Å²) in [5, 5.41) is 0.990. The Morgan fingerprint density at radius 3 is 2.53 bits per heavy atom. The molecular formula is C24H30ClN5OS. The molecule has 1 aromatic heterocycles. The molecule has 2 heterocycles. The Morgan fingerprint density at radius 1 is 1.16 bits per heavy atom. The van der Waals surface area contributed by atoms with E-state index in [1.807, 2.05) is 46.2 Å². The van der Waals surface area contributed by atoms with Crippen LogP contribution in [0.5, 0.6) is 0 Å². The van der Waals surface area contributed by atoms with Crippen LogP contribution < -0.4 is 4.90 Å². The molecule has 1 fully saturated rings. The maximum atomic E-state index is 12.9. The van der Waals surface area contributed by atoms with Crippen molar-refractivity contribution in [3.63, 3.8) is 0 Å². The lowest BCUT2D eigenvalue weighted by atomic mass is 10.1. The van der Waals surface area contributed by atoms with E-state index in [1.165, 1.54) is 11.8 Å². The van der Waals surface area contributed by atoms with Crippen molar-refractivity contribution in [2.45, 2.75) is 17.8 Å². The second-order valence-corrected chi connectivity index (χ2v) is 8.86. The van der Waals surface area contributed by atoms with Gasteiger partial charge in [0.05, 0.1) is 0 Å². The molecule has 170 valence electrons. The minimum Gasteiger partial charge on any atom is -0.349 e. The molecule has 8 heteroatoms. The number of piperazine rings is 1. The summed E-state index contributed by atoms with van der Waals surface area (Å²) in [5.74, 6) is 1.48. The Balaban J connectivity index is 1.67. The van der Waals surface area contributed by atoms with E-state index in [4.69, 9.17) is 11.6 Å². The third kappa shape index (κ3) is 6.58. The number of anilines is 1. The van der Waals surface area contributed by atoms with E-state index in [0.717, 1.165) is 49.7 Å². The van der Waals surface area contributed by atoms with Gasteiger partial charge in [-0.2, -0.15) is 0 Å². The fourth-order valence-electron chi connectivity index (χ4n) is 3.58. The molecule has 0 atom stereocenters. The van der Waals surface area contributed by atoms with Crippen molar-refractivity contribution in [3.8, 4) is 0 Å². The summed E-state index contributed by atoms with van der Waals surface area (Å²) in [5.41, 5.74) is 1.77. The number of aromatic nitrogens is 2. The first-order chi connectivity index (χ1) is 15.5. The number of rotatable bonds is 10. The zero-order valence-electron chi connectivity index (χ0n) is 18.5. The molecule has 0 aliphatic carbocycles. The van der Waals surface area contributed by atoms with Crippen molar-refractivity contribution in [2.75, 3.05) is 50.7 Å². The van der Waals surface area contributed by atoms with E-state index < -0.39 is 0 Å². The quantitative estimate of drug-likeness (QED) is 0.222. The topological polar surface area (TPSA) is 52.6 Å². The van der Waals surface area contributed by atoms with Crippen molar-refractivity contribution in [2.24, 2.45) is 0 Å². The molecule has 1 aliphatic rings. The van der Waals surface area contributed by atoms with Crippen molar-refractivity contribution in [1.82, 2.24) is 19.8 Å². The summed E-state index contributed by atoms with van der Waals surface area (Å²) in [6, 6.07) is 9.56. The number of carbonyl (C=O) groups is 1. The minimum absolute atomic E-state index is 0.0957. The number of amides is 1. The molecule has 1 aliphatic heterocycles. The molecule has 2 aromatic rings. The summed E-state index contributed by atoms with van der Waals surface area (Å²) in [4.78, 5) is 28.3. The molecule has 0 saturated carbocycles. The SMILES string of the molecule is C=CCN(CC=C)c1cc(Cl)nc(SCc2cccc(C(=O)N3CCN(CC)CC3)c2)n1. The highest BCUT2D eigenvalue weighted by atomic mass is 35.5. The molecule has 0 bridgehead atoms. The zero-order chi connectivity index (χ0) is 22.9. The van der Waals surface area contributed by atoms with Gasteiger partial charge in [0, 0.05) is 56.7 Å². The van der Waals surface area contributed by atoms with Crippen molar-refractivity contribution < 1.29 is 4.79 Å². The van der Waals surface area contributed by atoms with Crippen molar-refractivity contribution >= 4 is 35.1 Å². The monoisotopic (exact) mass is 471 g/mol. The Morgan fingerprint density at radius 2 is 1.88 bits per heavy atom. The lowest BCUT2D eigenvalue weighted by Crippen LogP contribution is -2.48. The average molecular weight is 472 g/mol. The second-order valence-electron chi connectivity index (χ2n) is 7.53. The van der Waals surface area contributed by atoms with Gasteiger partial charge in [-0.1, -0.05) is 54.6 Å². The lowest BCUT2D eigenvalue weighted by molar-refractivity contribution is 0.0643. The van der Waals surface area contributed by atoms with Gasteiger partial charge < -0.3 is 14.7 Å². The molecule has 0 spiro atoms. The molecule has 32 heavy (non-hydrogen) atoms. The predicted octanol–water partition coefficient (Wildman–Crippen LogP) is 4.38. The van der Waals surface area contributed by atoms with Gasteiger partial charge in [0.1, 0.15) is 11.0 Å². The molecule has 0 unspecified atom stereocenters. The molecule has 1 amide bonds.